The molecule has 0 amide bonds. The number of nitrogens with two attached hydrogens (primary N) is 1. The number of benzene rings is 14. The number of nitrogens with zero attached hydrogens (tertiary/aromatic N) is 2. The first-order chi connectivity index (χ1) is 59.6. The lowest BCUT2D eigenvalue weighted by Gasteiger charge is -2.08. The van der Waals surface area contributed by atoms with Gasteiger partial charge in [-0.05, 0) is 280 Å². The zero-order chi connectivity index (χ0) is 86.2. The van der Waals surface area contributed by atoms with E-state index in [-0.39, 0.29) is 17.6 Å². The second kappa shape index (κ2) is 55.3. The minimum Gasteiger partial charge on any atom is -0.508 e. The lowest BCUT2D eigenvalue weighted by atomic mass is 10.1. The number of aldehydes is 1. The molecule has 16 nitrogen and oxygen atoms in total. The molecule has 0 saturated heterocycles. The predicted octanol–water partition coefficient (Wildman–Crippen LogP) is 21.2. The van der Waals surface area contributed by atoms with Crippen LogP contribution in [-0.2, 0) is 63.1 Å². The van der Waals surface area contributed by atoms with Crippen LogP contribution < -0.4 is 45.9 Å². The van der Waals surface area contributed by atoms with Gasteiger partial charge in [0.1, 0.15) is 63.8 Å². The van der Waals surface area contributed by atoms with Crippen molar-refractivity contribution in [2.75, 3.05) is 32.7 Å². The number of halogens is 1. The van der Waals surface area contributed by atoms with E-state index in [1.807, 2.05) is 121 Å². The number of esters is 1. The monoisotopic (exact) mass is 1630 g/mol. The number of Topliss-reactive ketones (excluding diaryl/α,β-unsaturated/α-hetero) is 1. The van der Waals surface area contributed by atoms with Gasteiger partial charge in [0.25, 0.3) is 0 Å². The number of ether oxygens (including phenoxy) is 4. The van der Waals surface area contributed by atoms with Gasteiger partial charge < -0.3 is 56.2 Å². The molecule has 0 spiro atoms. The van der Waals surface area contributed by atoms with Crippen molar-refractivity contribution in [3.63, 3.8) is 0 Å². The molecule has 0 aliphatic rings. The highest BCUT2D eigenvalue weighted by atomic mass is 19.1. The number of nitrogens with one attached hydrogen (secondary N) is 4. The minimum atomic E-state index is -0.336. The molecule has 0 atom stereocenters. The first kappa shape index (κ1) is 93.1. The second-order valence-electron chi connectivity index (χ2n) is 27.7. The molecule has 14 rings (SSSR count). The Bertz CT molecular complexity index is 5310. The quantitative estimate of drug-likeness (QED) is 0.00701. The molecule has 0 unspecified atom stereocenters. The Hall–Kier alpha value is -14.4. The fourth-order valence-electron chi connectivity index (χ4n) is 11.5. The number of phenolic OH excluding ortho intramolecular Hbond substituents is 2. The average Bonchev–Trinajstić information content (AvgIpc) is 0.874. The van der Waals surface area contributed by atoms with Crippen LogP contribution in [-0.4, -0.2) is 61.0 Å². The summed E-state index contributed by atoms with van der Waals surface area (Å²) in [5.41, 5.74) is 19.3. The van der Waals surface area contributed by atoms with E-state index in [2.05, 4.69) is 161 Å². The van der Waals surface area contributed by atoms with Crippen LogP contribution in [0, 0.1) is 28.5 Å². The Kier molecular flexibility index (Phi) is 42.2. The van der Waals surface area contributed by atoms with Gasteiger partial charge in [-0.25, -0.2) is 4.39 Å². The number of carbonyl (C=O) groups excluding carboxylic acids is 3. The minimum absolute atomic E-state index is 0.0572. The highest BCUT2D eigenvalue weighted by Gasteiger charge is 2.07. The van der Waals surface area contributed by atoms with E-state index in [0.29, 0.717) is 46.2 Å². The van der Waals surface area contributed by atoms with Crippen molar-refractivity contribution in [1.82, 2.24) is 21.3 Å². The summed E-state index contributed by atoms with van der Waals surface area (Å²) >= 11 is 0. The highest BCUT2D eigenvalue weighted by Crippen LogP contribution is 2.27. The standard InChI is InChI=1S/C23H23NO3.C23H23NO2.C22H20N2O.C15H17NO.C8H11NO.C7H4FN.C7H6O/c1-18(25)26-21-11-13-23(14-12-21)27-22-9-7-19(8-10-22)15-16-24-17-20-5-3-2-4-6-20;1-18(25)21-9-13-23(14-10-21)26-22-11-7-19(8-12-22)15-16-24-17-20-5-3-2-4-6-20;23-16-19-8-12-22(13-9-19)25-21-10-6-18(7-11-21)14-15-24-17-20-4-2-1-3-5-20;17-15-8-6-13(7-9-15)10-11-16-12-14-4-2-1-3-5-14;9-6-5-7-1-3-8(10)4-2-7;8-7-3-1-6(5-9)2-4-7;8-6-7-4-2-1-3-5-7/h2-14,24H,15-17H2,1H3;2-14,24H,15-17H2,1H3;1-13,24H,14-15,17H2;1-9,16-17H,10-12H2;1-4,10H,5-6,9H2;1-4H;1-6H. The van der Waals surface area contributed by atoms with Gasteiger partial charge in [-0.1, -0.05) is 212 Å². The molecule has 8 N–H and O–H groups in total. The topological polar surface area (TPSA) is 250 Å². The van der Waals surface area contributed by atoms with E-state index in [1.165, 1.54) is 81.3 Å². The number of carbonyl (C=O) groups is 3. The van der Waals surface area contributed by atoms with Gasteiger partial charge >= 0.3 is 5.97 Å². The molecule has 14 aromatic carbocycles. The van der Waals surface area contributed by atoms with E-state index >= 15 is 0 Å². The fourth-order valence-corrected chi connectivity index (χ4v) is 11.5. The zero-order valence-corrected chi connectivity index (χ0v) is 68.8. The van der Waals surface area contributed by atoms with Gasteiger partial charge in [-0.15, -0.1) is 0 Å². The predicted molar refractivity (Wildman–Crippen MR) is 484 cm³/mol. The van der Waals surface area contributed by atoms with E-state index in [1.54, 1.807) is 104 Å². The van der Waals surface area contributed by atoms with Crippen LogP contribution in [0.15, 0.2) is 370 Å². The SMILES string of the molecule is CC(=O)Oc1ccc(Oc2ccc(CCNCc3ccccc3)cc2)cc1.CC(=O)c1ccc(Oc2ccc(CCNCc3ccccc3)cc2)cc1.N#Cc1ccc(F)cc1.N#Cc1ccc(Oc2ccc(CCNCc3ccccc3)cc2)cc1.NCCc1ccc(O)cc1.O=Cc1ccccc1.Oc1ccc(CCNCc2ccccc2)cc1. The molecule has 0 heterocycles. The van der Waals surface area contributed by atoms with Crippen LogP contribution >= 0.6 is 0 Å². The number of hydrogen-bond acceptors (Lipinski definition) is 16. The summed E-state index contributed by atoms with van der Waals surface area (Å²) < 4.78 is 34.6. The van der Waals surface area contributed by atoms with Gasteiger partial charge in [0, 0.05) is 44.2 Å². The van der Waals surface area contributed by atoms with Crippen LogP contribution in [0.25, 0.3) is 0 Å². The molecule has 0 fully saturated rings. The van der Waals surface area contributed by atoms with Crippen LogP contribution in [0.1, 0.15) is 95.8 Å². The summed E-state index contributed by atoms with van der Waals surface area (Å²) in [5, 5.41) is 48.9. The molecule has 0 bridgehead atoms. The molecule has 0 aliphatic heterocycles. The number of rotatable bonds is 31. The van der Waals surface area contributed by atoms with Gasteiger partial charge in [0.15, 0.2) is 5.78 Å². The van der Waals surface area contributed by atoms with E-state index in [9.17, 15) is 18.8 Å². The molecule has 0 aromatic heterocycles. The van der Waals surface area contributed by atoms with Crippen LogP contribution in [0.3, 0.4) is 0 Å². The van der Waals surface area contributed by atoms with Crippen LogP contribution in [0.2, 0.25) is 0 Å². The fraction of sp³-hybridized carbons (Fsp3) is 0.152. The Morgan fingerprint density at radius 1 is 0.336 bits per heavy atom. The molecule has 0 saturated carbocycles. The second-order valence-corrected chi connectivity index (χ2v) is 27.7. The maximum Gasteiger partial charge on any atom is 0.308 e. The lowest BCUT2D eigenvalue weighted by Crippen LogP contribution is -2.16. The smallest absolute Gasteiger partial charge is 0.308 e. The Morgan fingerprint density at radius 2 is 0.590 bits per heavy atom. The van der Waals surface area contributed by atoms with Crippen molar-refractivity contribution in [3.8, 4) is 63.9 Å². The van der Waals surface area contributed by atoms with Gasteiger partial charge in [-0.3, -0.25) is 14.4 Å². The third-order valence-corrected chi connectivity index (χ3v) is 18.1. The molecule has 0 aliphatic carbocycles. The number of hydrogen-bond donors (Lipinski definition) is 7. The average molecular weight is 1630 g/mol. The number of ketones is 1. The molecule has 620 valence electrons. The molecule has 0 radical (unpaired) electrons. The zero-order valence-electron chi connectivity index (χ0n) is 68.8. The summed E-state index contributed by atoms with van der Waals surface area (Å²) in [5.74, 6) is 5.07. The Labute approximate surface area is 716 Å². The summed E-state index contributed by atoms with van der Waals surface area (Å²) in [6.07, 6.45) is 5.60. The third kappa shape index (κ3) is 38.8. The van der Waals surface area contributed by atoms with Gasteiger partial charge in [0.2, 0.25) is 0 Å². The third-order valence-electron chi connectivity index (χ3n) is 18.1. The largest absolute Gasteiger partial charge is 0.508 e. The summed E-state index contributed by atoms with van der Waals surface area (Å²) in [7, 11) is 0. The maximum atomic E-state index is 12.1. The molecular formula is C105H104FN7O9. The summed E-state index contributed by atoms with van der Waals surface area (Å²) in [4.78, 5) is 32.2. The maximum absolute atomic E-state index is 12.1. The highest BCUT2D eigenvalue weighted by molar-refractivity contribution is 5.94. The van der Waals surface area contributed by atoms with Crippen molar-refractivity contribution in [3.05, 3.63) is 448 Å². The van der Waals surface area contributed by atoms with E-state index < -0.39 is 0 Å². The Morgan fingerprint density at radius 3 is 0.861 bits per heavy atom. The van der Waals surface area contributed by atoms with Crippen molar-refractivity contribution < 1.29 is 47.9 Å². The van der Waals surface area contributed by atoms with Crippen LogP contribution in [0.4, 0.5) is 4.39 Å². The molecule has 122 heavy (non-hydrogen) atoms. The normalized spacial score (nSPS) is 10.0. The number of aromatic hydroxyl groups is 2. The molecular weight excluding hydrogens is 1520 g/mol. The number of nitriles is 2. The van der Waals surface area contributed by atoms with Gasteiger partial charge in [-0.2, -0.15) is 10.5 Å². The van der Waals surface area contributed by atoms with Crippen molar-refractivity contribution in [2.45, 2.75) is 72.1 Å². The summed E-state index contributed by atoms with van der Waals surface area (Å²) in [6, 6.07) is 120. The van der Waals surface area contributed by atoms with Crippen molar-refractivity contribution >= 4 is 18.0 Å². The first-order valence-corrected chi connectivity index (χ1v) is 40.3. The molecule has 14 aromatic rings. The number of phenols is 2. The Balaban J connectivity index is 0.000000184. The lowest BCUT2D eigenvalue weighted by molar-refractivity contribution is -0.131. The summed E-state index contributed by atoms with van der Waals surface area (Å²) in [6.45, 7) is 10.9. The van der Waals surface area contributed by atoms with Crippen molar-refractivity contribution in [2.24, 2.45) is 5.73 Å². The van der Waals surface area contributed by atoms with Gasteiger partial charge in [0.05, 0.1) is 23.3 Å². The van der Waals surface area contributed by atoms with Crippen LogP contribution in [0.5, 0.6) is 51.7 Å². The molecule has 17 heteroatoms. The van der Waals surface area contributed by atoms with E-state index in [4.69, 9.17) is 45.4 Å². The van der Waals surface area contributed by atoms with E-state index in [0.717, 1.165) is 125 Å². The first-order valence-electron chi connectivity index (χ1n) is 40.3. The van der Waals surface area contributed by atoms with Crippen molar-refractivity contribution in [1.29, 1.82) is 10.5 Å².